The summed E-state index contributed by atoms with van der Waals surface area (Å²) in [6.07, 6.45) is -1.54. The number of hydrogen-bond donors (Lipinski definition) is 2. The van der Waals surface area contributed by atoms with E-state index < -0.39 is 12.1 Å². The van der Waals surface area contributed by atoms with Crippen molar-refractivity contribution in [2.75, 3.05) is 19.8 Å². The fraction of sp³-hybridized carbons (Fsp3) is 0.417. The molecule has 0 spiro atoms. The minimum absolute atomic E-state index is 0.0395. The van der Waals surface area contributed by atoms with Gasteiger partial charge in [-0.3, -0.25) is 0 Å². The van der Waals surface area contributed by atoms with Crippen LogP contribution >= 0.6 is 0 Å². The molecule has 0 aliphatic carbocycles. The number of rotatable bonds is 3. The topological polar surface area (TPSA) is 85.2 Å². The summed E-state index contributed by atoms with van der Waals surface area (Å²) in [4.78, 5) is 11.4. The Morgan fingerprint density at radius 2 is 2.00 bits per heavy atom. The highest BCUT2D eigenvalue weighted by Gasteiger charge is 2.25. The van der Waals surface area contributed by atoms with Crippen molar-refractivity contribution in [3.8, 4) is 17.2 Å². The van der Waals surface area contributed by atoms with Gasteiger partial charge < -0.3 is 24.4 Å². The van der Waals surface area contributed by atoms with Gasteiger partial charge in [0.15, 0.2) is 17.6 Å². The molecule has 2 N–H and O–H groups in total. The lowest BCUT2D eigenvalue weighted by Gasteiger charge is -2.20. The maximum atomic E-state index is 11.4. The SMILES string of the molecule is CCOC(=O)C(O)c1cc2c(cc1O)OCCO2. The molecular weight excluding hydrogens is 240 g/mol. The summed E-state index contributed by atoms with van der Waals surface area (Å²) in [5.41, 5.74) is 0.0395. The quantitative estimate of drug-likeness (QED) is 0.774. The van der Waals surface area contributed by atoms with Crippen molar-refractivity contribution in [1.29, 1.82) is 0 Å². The summed E-state index contributed by atoms with van der Waals surface area (Å²) >= 11 is 0. The van der Waals surface area contributed by atoms with Crippen molar-refractivity contribution in [3.05, 3.63) is 17.7 Å². The van der Waals surface area contributed by atoms with Gasteiger partial charge in [-0.25, -0.2) is 4.79 Å². The Bertz CT molecular complexity index is 456. The zero-order valence-electron chi connectivity index (χ0n) is 9.88. The largest absolute Gasteiger partial charge is 0.507 e. The first kappa shape index (κ1) is 12.5. The van der Waals surface area contributed by atoms with Crippen LogP contribution < -0.4 is 9.47 Å². The van der Waals surface area contributed by atoms with Gasteiger partial charge in [0.2, 0.25) is 0 Å². The normalized spacial score (nSPS) is 15.0. The van der Waals surface area contributed by atoms with E-state index >= 15 is 0 Å². The minimum atomic E-state index is -1.54. The molecule has 1 unspecified atom stereocenters. The molecule has 0 fully saturated rings. The van der Waals surface area contributed by atoms with Crippen LogP contribution in [0.2, 0.25) is 0 Å². The number of fused-ring (bicyclic) bond motifs is 1. The predicted molar refractivity (Wildman–Crippen MR) is 60.7 cm³/mol. The lowest BCUT2D eigenvalue weighted by atomic mass is 10.1. The third kappa shape index (κ3) is 2.33. The number of phenols is 1. The summed E-state index contributed by atoms with van der Waals surface area (Å²) < 4.78 is 15.3. The van der Waals surface area contributed by atoms with Crippen molar-refractivity contribution >= 4 is 5.97 Å². The van der Waals surface area contributed by atoms with Gasteiger partial charge in [-0.1, -0.05) is 0 Å². The summed E-state index contributed by atoms with van der Waals surface area (Å²) in [5.74, 6) is -0.278. The number of esters is 1. The second-order valence-electron chi connectivity index (χ2n) is 3.71. The summed E-state index contributed by atoms with van der Waals surface area (Å²) in [5, 5.41) is 19.5. The molecule has 0 amide bonds. The van der Waals surface area contributed by atoms with Gasteiger partial charge in [-0.05, 0) is 13.0 Å². The van der Waals surface area contributed by atoms with Crippen LogP contribution in [0.4, 0.5) is 0 Å². The zero-order valence-corrected chi connectivity index (χ0v) is 9.88. The van der Waals surface area contributed by atoms with Gasteiger partial charge in [0.25, 0.3) is 0 Å². The molecule has 18 heavy (non-hydrogen) atoms. The van der Waals surface area contributed by atoms with Crippen LogP contribution in [0.1, 0.15) is 18.6 Å². The maximum Gasteiger partial charge on any atom is 0.339 e. The van der Waals surface area contributed by atoms with E-state index in [-0.39, 0.29) is 17.9 Å². The molecule has 1 aliphatic rings. The van der Waals surface area contributed by atoms with Crippen LogP contribution in [0.15, 0.2) is 12.1 Å². The number of aliphatic hydroxyl groups is 1. The molecule has 1 aromatic carbocycles. The van der Waals surface area contributed by atoms with E-state index in [0.717, 1.165) is 0 Å². The maximum absolute atomic E-state index is 11.4. The van der Waals surface area contributed by atoms with Crippen LogP contribution in [0.5, 0.6) is 17.2 Å². The van der Waals surface area contributed by atoms with Gasteiger partial charge in [-0.2, -0.15) is 0 Å². The second kappa shape index (κ2) is 5.14. The molecule has 1 heterocycles. The number of aromatic hydroxyl groups is 1. The fourth-order valence-electron chi connectivity index (χ4n) is 1.66. The summed E-state index contributed by atoms with van der Waals surface area (Å²) in [6.45, 7) is 2.56. The third-order valence-electron chi connectivity index (χ3n) is 2.50. The van der Waals surface area contributed by atoms with Crippen molar-refractivity contribution in [1.82, 2.24) is 0 Å². The number of carbonyl (C=O) groups excluding carboxylic acids is 1. The zero-order chi connectivity index (χ0) is 13.1. The Morgan fingerprint density at radius 3 is 2.61 bits per heavy atom. The second-order valence-corrected chi connectivity index (χ2v) is 3.71. The molecule has 6 heteroatoms. The van der Waals surface area contributed by atoms with Crippen molar-refractivity contribution in [2.24, 2.45) is 0 Å². The van der Waals surface area contributed by atoms with E-state index in [1.165, 1.54) is 12.1 Å². The minimum Gasteiger partial charge on any atom is -0.507 e. The fourth-order valence-corrected chi connectivity index (χ4v) is 1.66. The van der Waals surface area contributed by atoms with Gasteiger partial charge in [0.1, 0.15) is 19.0 Å². The van der Waals surface area contributed by atoms with E-state index in [2.05, 4.69) is 4.74 Å². The molecule has 6 nitrogen and oxygen atoms in total. The first-order valence-electron chi connectivity index (χ1n) is 5.60. The van der Waals surface area contributed by atoms with Crippen LogP contribution in [0.25, 0.3) is 0 Å². The smallest absolute Gasteiger partial charge is 0.339 e. The molecular formula is C12H14O6. The van der Waals surface area contributed by atoms with Gasteiger partial charge >= 0.3 is 5.97 Å². The van der Waals surface area contributed by atoms with Crippen LogP contribution in [-0.4, -0.2) is 36.0 Å². The van der Waals surface area contributed by atoms with Gasteiger partial charge in [0, 0.05) is 11.6 Å². The molecule has 98 valence electrons. The average molecular weight is 254 g/mol. The highest BCUT2D eigenvalue weighted by atomic mass is 16.6. The standard InChI is InChI=1S/C12H14O6/c1-2-16-12(15)11(14)7-5-9-10(6-8(7)13)18-4-3-17-9/h5-6,11,13-14H,2-4H2,1H3. The highest BCUT2D eigenvalue weighted by molar-refractivity contribution is 5.77. The van der Waals surface area contributed by atoms with Crippen LogP contribution in [-0.2, 0) is 9.53 Å². The monoisotopic (exact) mass is 254 g/mol. The lowest BCUT2D eigenvalue weighted by molar-refractivity contribution is -0.153. The van der Waals surface area contributed by atoms with Crippen LogP contribution in [0.3, 0.4) is 0 Å². The van der Waals surface area contributed by atoms with E-state index in [4.69, 9.17) is 9.47 Å². The van der Waals surface area contributed by atoms with E-state index in [0.29, 0.717) is 24.7 Å². The van der Waals surface area contributed by atoms with Gasteiger partial charge in [0.05, 0.1) is 6.61 Å². The summed E-state index contributed by atoms with van der Waals surface area (Å²) in [7, 11) is 0. The van der Waals surface area contributed by atoms with Crippen LogP contribution in [0, 0.1) is 0 Å². The number of hydrogen-bond acceptors (Lipinski definition) is 6. The van der Waals surface area contributed by atoms with E-state index in [1.807, 2.05) is 0 Å². The summed E-state index contributed by atoms with van der Waals surface area (Å²) in [6, 6.07) is 2.69. The first-order chi connectivity index (χ1) is 8.63. The molecule has 2 rings (SSSR count). The molecule has 0 saturated carbocycles. The number of benzene rings is 1. The molecule has 0 bridgehead atoms. The Morgan fingerprint density at radius 1 is 1.39 bits per heavy atom. The number of carbonyl (C=O) groups is 1. The Balaban J connectivity index is 2.30. The number of phenolic OH excluding ortho intramolecular Hbond substituents is 1. The van der Waals surface area contributed by atoms with Crippen molar-refractivity contribution in [2.45, 2.75) is 13.0 Å². The third-order valence-corrected chi connectivity index (χ3v) is 2.50. The van der Waals surface area contributed by atoms with E-state index in [9.17, 15) is 15.0 Å². The molecule has 1 aromatic rings. The Labute approximate surface area is 104 Å². The highest BCUT2D eigenvalue weighted by Crippen LogP contribution is 2.38. The molecule has 0 radical (unpaired) electrons. The molecule has 1 atom stereocenters. The predicted octanol–water partition coefficient (Wildman–Crippen LogP) is 0.760. The molecule has 0 saturated heterocycles. The lowest BCUT2D eigenvalue weighted by Crippen LogP contribution is -2.18. The Hall–Kier alpha value is -1.95. The van der Waals surface area contributed by atoms with Crippen molar-refractivity contribution in [3.63, 3.8) is 0 Å². The average Bonchev–Trinajstić information content (AvgIpc) is 2.37. The molecule has 1 aliphatic heterocycles. The Kier molecular flexibility index (Phi) is 3.57. The van der Waals surface area contributed by atoms with Gasteiger partial charge in [-0.15, -0.1) is 0 Å². The molecule has 0 aromatic heterocycles. The first-order valence-corrected chi connectivity index (χ1v) is 5.60. The number of ether oxygens (including phenoxy) is 3. The number of aliphatic hydroxyl groups excluding tert-OH is 1. The van der Waals surface area contributed by atoms with Crippen molar-refractivity contribution < 1.29 is 29.2 Å². The van der Waals surface area contributed by atoms with E-state index in [1.54, 1.807) is 6.92 Å².